The van der Waals surface area contributed by atoms with E-state index >= 15 is 0 Å². The molecule has 2 atom stereocenters. The van der Waals surface area contributed by atoms with Gasteiger partial charge < -0.3 is 15.2 Å². The molecule has 0 spiro atoms. The van der Waals surface area contributed by atoms with Gasteiger partial charge in [0.1, 0.15) is 11.6 Å². The molecule has 3 aromatic rings. The minimum absolute atomic E-state index is 0.119. The number of aliphatic carboxylic acids is 1. The fraction of sp³-hybridized carbons (Fsp3) is 0.324. The lowest BCUT2D eigenvalue weighted by Gasteiger charge is -2.35. The molecule has 218 valence electrons. The molecule has 1 aliphatic heterocycles. The van der Waals surface area contributed by atoms with Gasteiger partial charge in [-0.3, -0.25) is 19.3 Å². The Labute approximate surface area is 245 Å². The predicted octanol–water partition coefficient (Wildman–Crippen LogP) is 7.16. The summed E-state index contributed by atoms with van der Waals surface area (Å²) in [6, 6.07) is 20.2. The molecule has 1 heterocycles. The predicted molar refractivity (Wildman–Crippen MR) is 159 cm³/mol. The van der Waals surface area contributed by atoms with Crippen LogP contribution in [0.4, 0.5) is 15.8 Å². The third kappa shape index (κ3) is 6.38. The summed E-state index contributed by atoms with van der Waals surface area (Å²) in [5.74, 6) is -1.38. The van der Waals surface area contributed by atoms with Gasteiger partial charge in [0.05, 0.1) is 30.4 Å². The van der Waals surface area contributed by atoms with Crippen LogP contribution in [0.1, 0.15) is 75.0 Å². The van der Waals surface area contributed by atoms with E-state index < -0.39 is 17.9 Å². The van der Waals surface area contributed by atoms with Crippen LogP contribution in [0.3, 0.4) is 0 Å². The van der Waals surface area contributed by atoms with Crippen molar-refractivity contribution >= 4 is 29.0 Å². The van der Waals surface area contributed by atoms with Crippen LogP contribution in [-0.2, 0) is 14.4 Å². The summed E-state index contributed by atoms with van der Waals surface area (Å²) in [7, 11) is 0. The Morgan fingerprint density at radius 3 is 2.38 bits per heavy atom. The quantitative estimate of drug-likeness (QED) is 0.251. The number of carbonyl (C=O) groups excluding carboxylic acids is 2. The van der Waals surface area contributed by atoms with Crippen molar-refractivity contribution in [3.05, 3.63) is 101 Å². The Morgan fingerprint density at radius 2 is 1.67 bits per heavy atom. The molecule has 2 aliphatic rings. The first-order valence-corrected chi connectivity index (χ1v) is 14.5. The molecule has 1 aliphatic carbocycles. The van der Waals surface area contributed by atoms with Crippen molar-refractivity contribution in [2.75, 3.05) is 16.8 Å². The minimum atomic E-state index is -1.07. The van der Waals surface area contributed by atoms with Crippen LogP contribution in [0.5, 0.6) is 5.75 Å². The lowest BCUT2D eigenvalue weighted by atomic mass is 9.78. The van der Waals surface area contributed by atoms with Crippen LogP contribution in [0.2, 0.25) is 0 Å². The zero-order valence-electron chi connectivity index (χ0n) is 23.6. The second-order valence-corrected chi connectivity index (χ2v) is 10.8. The smallest absolute Gasteiger partial charge is 0.303 e. The number of rotatable bonds is 10. The van der Waals surface area contributed by atoms with Crippen molar-refractivity contribution in [1.29, 1.82) is 0 Å². The van der Waals surface area contributed by atoms with Crippen molar-refractivity contribution < 1.29 is 28.6 Å². The number of ketones is 1. The summed E-state index contributed by atoms with van der Waals surface area (Å²) in [6.45, 7) is 2.74. The number of hydrogen-bond donors (Lipinski definition) is 2. The van der Waals surface area contributed by atoms with E-state index in [2.05, 4.69) is 12.2 Å². The van der Waals surface area contributed by atoms with Gasteiger partial charge in [-0.1, -0.05) is 56.2 Å². The van der Waals surface area contributed by atoms with Crippen molar-refractivity contribution in [2.24, 2.45) is 0 Å². The lowest BCUT2D eigenvalue weighted by Crippen LogP contribution is -2.38. The summed E-state index contributed by atoms with van der Waals surface area (Å²) in [5, 5.41) is 12.8. The Bertz CT molecular complexity index is 1480. The number of halogens is 1. The third-order valence-corrected chi connectivity index (χ3v) is 7.86. The maximum atomic E-state index is 14.0. The maximum Gasteiger partial charge on any atom is 0.303 e. The Balaban J connectivity index is 1.59. The molecular weight excluding hydrogens is 535 g/mol. The second kappa shape index (κ2) is 13.0. The van der Waals surface area contributed by atoms with Crippen molar-refractivity contribution in [1.82, 2.24) is 0 Å². The minimum Gasteiger partial charge on any atom is -0.494 e. The molecule has 1 amide bonds. The highest BCUT2D eigenvalue weighted by molar-refractivity contribution is 6.06. The Morgan fingerprint density at radius 1 is 0.952 bits per heavy atom. The average molecular weight is 571 g/mol. The number of amides is 1. The molecular formula is C34H35FN2O5. The molecule has 0 aromatic heterocycles. The van der Waals surface area contributed by atoms with Crippen LogP contribution < -0.4 is 15.0 Å². The number of Topliss-reactive ketones (excluding diaryl/α,β-unsaturated/α-hetero) is 1. The number of para-hydroxylation sites is 2. The molecule has 0 bridgehead atoms. The number of unbranched alkanes of at least 4 members (excludes halogenated alkanes) is 2. The number of hydrogen-bond acceptors (Lipinski definition) is 5. The van der Waals surface area contributed by atoms with E-state index in [-0.39, 0.29) is 36.8 Å². The normalized spacial score (nSPS) is 18.0. The van der Waals surface area contributed by atoms with Crippen molar-refractivity contribution in [2.45, 2.75) is 63.8 Å². The largest absolute Gasteiger partial charge is 0.494 e. The van der Waals surface area contributed by atoms with Gasteiger partial charge in [-0.15, -0.1) is 0 Å². The number of carboxylic acid groups (broad SMARTS) is 1. The average Bonchev–Trinajstić information content (AvgIpc) is 3.13. The molecule has 3 aromatic carbocycles. The first-order valence-electron chi connectivity index (χ1n) is 14.5. The summed E-state index contributed by atoms with van der Waals surface area (Å²) in [4.78, 5) is 40.8. The molecule has 2 unspecified atom stereocenters. The number of nitrogens with zero attached hydrogens (tertiary/aromatic N) is 1. The molecule has 2 N–H and O–H groups in total. The van der Waals surface area contributed by atoms with Gasteiger partial charge >= 0.3 is 5.97 Å². The molecule has 0 fully saturated rings. The summed E-state index contributed by atoms with van der Waals surface area (Å²) < 4.78 is 19.6. The highest BCUT2D eigenvalue weighted by Gasteiger charge is 2.41. The fourth-order valence-electron chi connectivity index (χ4n) is 5.77. The van der Waals surface area contributed by atoms with Gasteiger partial charge in [-0.05, 0) is 66.3 Å². The number of nitrogens with one attached hydrogen (secondary N) is 1. The van der Waals surface area contributed by atoms with Crippen LogP contribution >= 0.6 is 0 Å². The topological polar surface area (TPSA) is 95.9 Å². The lowest BCUT2D eigenvalue weighted by molar-refractivity contribution is -0.138. The van der Waals surface area contributed by atoms with Crippen LogP contribution in [0, 0.1) is 5.82 Å². The first-order chi connectivity index (χ1) is 20.4. The molecule has 8 heteroatoms. The molecule has 7 nitrogen and oxygen atoms in total. The van der Waals surface area contributed by atoms with Gasteiger partial charge in [0, 0.05) is 24.1 Å². The number of carboxylic acids is 1. The van der Waals surface area contributed by atoms with Gasteiger partial charge in [-0.2, -0.15) is 0 Å². The maximum absolute atomic E-state index is 14.0. The van der Waals surface area contributed by atoms with Crippen LogP contribution in [-0.4, -0.2) is 29.4 Å². The van der Waals surface area contributed by atoms with Gasteiger partial charge in [0.15, 0.2) is 5.78 Å². The van der Waals surface area contributed by atoms with E-state index in [1.54, 1.807) is 23.1 Å². The highest BCUT2D eigenvalue weighted by atomic mass is 19.1. The van der Waals surface area contributed by atoms with E-state index in [9.17, 15) is 23.9 Å². The standard InChI is InChI=1S/C34H35FN2O5/c1-2-3-6-19-42-26-15-11-23(12-16-26)34-33-28(20-24(21-30(33)38)22-9-13-25(35)14-10-22)36-27-7-4-5-8-29(27)37(34)31(39)17-18-32(40)41/h4-5,7-16,24,34,36H,2-3,6,17-21H2,1H3,(H,40,41). The second-order valence-electron chi connectivity index (χ2n) is 10.8. The van der Waals surface area contributed by atoms with E-state index in [4.69, 9.17) is 4.74 Å². The van der Waals surface area contributed by atoms with E-state index in [0.717, 1.165) is 30.4 Å². The molecule has 5 rings (SSSR count). The number of anilines is 2. The van der Waals surface area contributed by atoms with Crippen molar-refractivity contribution in [3.8, 4) is 5.75 Å². The summed E-state index contributed by atoms with van der Waals surface area (Å²) >= 11 is 0. The molecule has 42 heavy (non-hydrogen) atoms. The molecule has 0 saturated heterocycles. The zero-order chi connectivity index (χ0) is 29.6. The number of ether oxygens (including phenoxy) is 1. The number of fused-ring (bicyclic) bond motifs is 1. The first kappa shape index (κ1) is 29.0. The molecule has 0 radical (unpaired) electrons. The van der Waals surface area contributed by atoms with Gasteiger partial charge in [0.25, 0.3) is 0 Å². The number of allylic oxidation sites excluding steroid dienone is 1. The Hall–Kier alpha value is -4.46. The third-order valence-electron chi connectivity index (χ3n) is 7.86. The van der Waals surface area contributed by atoms with E-state index in [0.29, 0.717) is 41.4 Å². The summed E-state index contributed by atoms with van der Waals surface area (Å²) in [5.41, 5.74) is 3.99. The van der Waals surface area contributed by atoms with E-state index in [1.807, 2.05) is 42.5 Å². The monoisotopic (exact) mass is 570 g/mol. The summed E-state index contributed by atoms with van der Waals surface area (Å²) in [6.07, 6.45) is 3.29. The zero-order valence-corrected chi connectivity index (χ0v) is 23.6. The Kier molecular flexibility index (Phi) is 9.00. The van der Waals surface area contributed by atoms with Gasteiger partial charge in [-0.25, -0.2) is 4.39 Å². The molecule has 0 saturated carbocycles. The van der Waals surface area contributed by atoms with E-state index in [1.165, 1.54) is 12.1 Å². The number of benzene rings is 3. The fourth-order valence-corrected chi connectivity index (χ4v) is 5.77. The van der Waals surface area contributed by atoms with Crippen LogP contribution in [0.25, 0.3) is 0 Å². The van der Waals surface area contributed by atoms with Crippen molar-refractivity contribution in [3.63, 3.8) is 0 Å². The number of carbonyl (C=O) groups is 3. The highest BCUT2D eigenvalue weighted by Crippen LogP contribution is 2.47. The SMILES string of the molecule is CCCCCOc1ccc(C2C3=C(CC(c4ccc(F)cc4)CC3=O)Nc3ccccc3N2C(=O)CCC(=O)O)cc1. The van der Waals surface area contributed by atoms with Gasteiger partial charge in [0.2, 0.25) is 5.91 Å². The van der Waals surface area contributed by atoms with Crippen LogP contribution in [0.15, 0.2) is 84.1 Å².